The number of likely N-dealkylation sites (N-methyl/N-ethyl adjacent to an activating group) is 2. The van der Waals surface area contributed by atoms with E-state index in [2.05, 4.69) is 5.32 Å². The van der Waals surface area contributed by atoms with Crippen molar-refractivity contribution in [1.82, 2.24) is 10.2 Å². The predicted octanol–water partition coefficient (Wildman–Crippen LogP) is 0.909. The molecule has 0 unspecified atom stereocenters. The van der Waals surface area contributed by atoms with Crippen LogP contribution in [0.5, 0.6) is 5.75 Å². The molecule has 0 aromatic heterocycles. The van der Waals surface area contributed by atoms with Crippen LogP contribution in [-0.4, -0.2) is 42.0 Å². The van der Waals surface area contributed by atoms with Crippen LogP contribution in [0.4, 0.5) is 0 Å². The van der Waals surface area contributed by atoms with Gasteiger partial charge in [0.1, 0.15) is 5.75 Å². The number of hydrogen-bond acceptors (Lipinski definition) is 3. The second kappa shape index (κ2) is 6.05. The van der Waals surface area contributed by atoms with Crippen LogP contribution in [0.2, 0.25) is 0 Å². The number of nitrogens with one attached hydrogen (secondary N) is 1. The first-order valence-corrected chi connectivity index (χ1v) is 5.77. The third kappa shape index (κ3) is 3.48. The van der Waals surface area contributed by atoms with Gasteiger partial charge in [0.05, 0.1) is 12.1 Å². The highest BCUT2D eigenvalue weighted by Crippen LogP contribution is 2.19. The number of phenols is 1. The molecule has 0 saturated heterocycles. The fraction of sp³-hybridized carbons (Fsp3) is 0.385. The van der Waals surface area contributed by atoms with Crippen molar-refractivity contribution < 1.29 is 14.7 Å². The number of phenolic OH excluding ortho intramolecular Hbond substituents is 1. The lowest BCUT2D eigenvalue weighted by atomic mass is 10.1. The second-order valence-electron chi connectivity index (χ2n) is 4.14. The van der Waals surface area contributed by atoms with E-state index in [1.807, 2.05) is 13.8 Å². The highest BCUT2D eigenvalue weighted by atomic mass is 16.3. The lowest BCUT2D eigenvalue weighted by Crippen LogP contribution is -2.38. The van der Waals surface area contributed by atoms with E-state index < -0.39 is 0 Å². The maximum Gasteiger partial charge on any atom is 0.257 e. The number of carbonyl (C=O) groups excluding carboxylic acids is 2. The monoisotopic (exact) mass is 250 g/mol. The molecule has 0 aliphatic rings. The van der Waals surface area contributed by atoms with E-state index in [9.17, 15) is 14.7 Å². The molecule has 0 fully saturated rings. The zero-order valence-electron chi connectivity index (χ0n) is 10.9. The fourth-order valence-corrected chi connectivity index (χ4v) is 1.57. The van der Waals surface area contributed by atoms with Crippen LogP contribution in [-0.2, 0) is 4.79 Å². The molecule has 0 aliphatic heterocycles. The van der Waals surface area contributed by atoms with Crippen LogP contribution in [0.15, 0.2) is 18.2 Å². The largest absolute Gasteiger partial charge is 0.507 e. The molecular weight excluding hydrogens is 232 g/mol. The van der Waals surface area contributed by atoms with Crippen molar-refractivity contribution in [2.24, 2.45) is 0 Å². The van der Waals surface area contributed by atoms with Gasteiger partial charge in [-0.25, -0.2) is 0 Å². The molecule has 1 aromatic carbocycles. The molecule has 0 radical (unpaired) electrons. The summed E-state index contributed by atoms with van der Waals surface area (Å²) in [5.41, 5.74) is 1.07. The first-order valence-electron chi connectivity index (χ1n) is 5.77. The minimum Gasteiger partial charge on any atom is -0.507 e. The van der Waals surface area contributed by atoms with Gasteiger partial charge in [-0.1, -0.05) is 6.07 Å². The topological polar surface area (TPSA) is 69.6 Å². The Morgan fingerprint density at radius 2 is 2.06 bits per heavy atom. The Kier molecular flexibility index (Phi) is 4.71. The number of aryl methyl sites for hydroxylation is 1. The molecule has 0 saturated carbocycles. The van der Waals surface area contributed by atoms with Crippen LogP contribution >= 0.6 is 0 Å². The van der Waals surface area contributed by atoms with Gasteiger partial charge in [0.25, 0.3) is 5.91 Å². The molecule has 0 aliphatic carbocycles. The molecule has 2 amide bonds. The van der Waals surface area contributed by atoms with Crippen LogP contribution in [0.1, 0.15) is 22.8 Å². The Morgan fingerprint density at radius 3 is 2.61 bits per heavy atom. The Balaban J connectivity index is 2.77. The summed E-state index contributed by atoms with van der Waals surface area (Å²) in [4.78, 5) is 24.6. The predicted molar refractivity (Wildman–Crippen MR) is 68.5 cm³/mol. The molecule has 0 spiro atoms. The van der Waals surface area contributed by atoms with Gasteiger partial charge in [-0.05, 0) is 31.5 Å². The van der Waals surface area contributed by atoms with E-state index in [0.29, 0.717) is 6.54 Å². The van der Waals surface area contributed by atoms with Crippen molar-refractivity contribution in [2.45, 2.75) is 13.8 Å². The van der Waals surface area contributed by atoms with Gasteiger partial charge in [-0.15, -0.1) is 0 Å². The lowest BCUT2D eigenvalue weighted by Gasteiger charge is -2.17. The summed E-state index contributed by atoms with van der Waals surface area (Å²) in [6.45, 7) is 4.13. The number of aromatic hydroxyl groups is 1. The van der Waals surface area contributed by atoms with Crippen LogP contribution in [0, 0.1) is 6.92 Å². The normalized spacial score (nSPS) is 9.94. The first-order chi connectivity index (χ1) is 8.45. The number of rotatable bonds is 4. The van der Waals surface area contributed by atoms with Gasteiger partial charge in [-0.2, -0.15) is 0 Å². The van der Waals surface area contributed by atoms with E-state index in [1.54, 1.807) is 12.1 Å². The SMILES string of the molecule is CCNC(=O)CN(C)C(=O)c1ccc(C)cc1O. The summed E-state index contributed by atoms with van der Waals surface area (Å²) in [7, 11) is 1.52. The molecule has 5 nitrogen and oxygen atoms in total. The number of amides is 2. The van der Waals surface area contributed by atoms with E-state index >= 15 is 0 Å². The Bertz CT molecular complexity index is 458. The Hall–Kier alpha value is -2.04. The highest BCUT2D eigenvalue weighted by molar-refractivity contribution is 5.98. The summed E-state index contributed by atoms with van der Waals surface area (Å²) >= 11 is 0. The molecule has 0 heterocycles. The van der Waals surface area contributed by atoms with E-state index in [0.717, 1.165) is 5.56 Å². The van der Waals surface area contributed by atoms with Crippen LogP contribution in [0.25, 0.3) is 0 Å². The van der Waals surface area contributed by atoms with Crippen molar-refractivity contribution in [3.05, 3.63) is 29.3 Å². The fourth-order valence-electron chi connectivity index (χ4n) is 1.57. The van der Waals surface area contributed by atoms with Gasteiger partial charge in [-0.3, -0.25) is 9.59 Å². The van der Waals surface area contributed by atoms with Gasteiger partial charge in [0.2, 0.25) is 5.91 Å². The molecule has 0 bridgehead atoms. The van der Waals surface area contributed by atoms with Crippen molar-refractivity contribution in [2.75, 3.05) is 20.1 Å². The second-order valence-corrected chi connectivity index (χ2v) is 4.14. The van der Waals surface area contributed by atoms with E-state index in [-0.39, 0.29) is 29.7 Å². The van der Waals surface area contributed by atoms with Gasteiger partial charge in [0, 0.05) is 13.6 Å². The molecular formula is C13H18N2O3. The molecule has 0 atom stereocenters. The zero-order chi connectivity index (χ0) is 13.7. The minimum absolute atomic E-state index is 0.0278. The lowest BCUT2D eigenvalue weighted by molar-refractivity contribution is -0.121. The molecule has 5 heteroatoms. The third-order valence-electron chi connectivity index (χ3n) is 2.49. The summed E-state index contributed by atoms with van der Waals surface area (Å²) in [6, 6.07) is 4.82. The summed E-state index contributed by atoms with van der Waals surface area (Å²) in [6.07, 6.45) is 0. The third-order valence-corrected chi connectivity index (χ3v) is 2.49. The molecule has 1 rings (SSSR count). The average molecular weight is 250 g/mol. The minimum atomic E-state index is -0.376. The first kappa shape index (κ1) is 14.0. The zero-order valence-corrected chi connectivity index (χ0v) is 10.9. The number of benzene rings is 1. The molecule has 98 valence electrons. The van der Waals surface area contributed by atoms with E-state index in [1.165, 1.54) is 18.0 Å². The van der Waals surface area contributed by atoms with Crippen molar-refractivity contribution in [3.8, 4) is 5.75 Å². The molecule has 1 aromatic rings. The maximum atomic E-state index is 12.0. The highest BCUT2D eigenvalue weighted by Gasteiger charge is 2.17. The van der Waals surface area contributed by atoms with Crippen molar-refractivity contribution in [1.29, 1.82) is 0 Å². The van der Waals surface area contributed by atoms with Gasteiger partial charge >= 0.3 is 0 Å². The number of hydrogen-bond donors (Lipinski definition) is 2. The standard InChI is InChI=1S/C13H18N2O3/c1-4-14-12(17)8-15(3)13(18)10-6-5-9(2)7-11(10)16/h5-7,16H,4,8H2,1-3H3,(H,14,17). The summed E-state index contributed by atoms with van der Waals surface area (Å²) in [5.74, 6) is -0.665. The maximum absolute atomic E-state index is 12.0. The quantitative estimate of drug-likeness (QED) is 0.834. The van der Waals surface area contributed by atoms with Gasteiger partial charge < -0.3 is 15.3 Å². The average Bonchev–Trinajstić information content (AvgIpc) is 2.28. The summed E-state index contributed by atoms with van der Waals surface area (Å²) < 4.78 is 0. The number of nitrogens with zero attached hydrogens (tertiary/aromatic N) is 1. The van der Waals surface area contributed by atoms with Gasteiger partial charge in [0.15, 0.2) is 0 Å². The summed E-state index contributed by atoms with van der Waals surface area (Å²) in [5, 5.41) is 12.3. The number of carbonyl (C=O) groups is 2. The molecule has 18 heavy (non-hydrogen) atoms. The Labute approximate surface area is 106 Å². The molecule has 2 N–H and O–H groups in total. The van der Waals surface area contributed by atoms with Crippen molar-refractivity contribution >= 4 is 11.8 Å². The Morgan fingerprint density at radius 1 is 1.39 bits per heavy atom. The van der Waals surface area contributed by atoms with Crippen LogP contribution < -0.4 is 5.32 Å². The van der Waals surface area contributed by atoms with E-state index in [4.69, 9.17) is 0 Å². The van der Waals surface area contributed by atoms with Crippen molar-refractivity contribution in [3.63, 3.8) is 0 Å². The van der Waals surface area contributed by atoms with Crippen LogP contribution in [0.3, 0.4) is 0 Å². The smallest absolute Gasteiger partial charge is 0.257 e.